The molecule has 0 N–H and O–H groups in total. The molecule has 0 radical (unpaired) electrons. The van der Waals surface area contributed by atoms with Gasteiger partial charge in [0.15, 0.2) is 0 Å². The number of hydrogen-bond donors (Lipinski definition) is 0. The normalized spacial score (nSPS) is 10.1. The number of rotatable bonds is 6. The molecule has 0 heterocycles. The lowest BCUT2D eigenvalue weighted by Gasteiger charge is -2.07. The van der Waals surface area contributed by atoms with E-state index in [4.69, 9.17) is 9.47 Å². The highest BCUT2D eigenvalue weighted by atomic mass is 16.6. The van der Waals surface area contributed by atoms with Gasteiger partial charge in [0.05, 0.1) is 21.0 Å². The molecule has 0 aliphatic rings. The molecule has 10 nitrogen and oxygen atoms in total. The Labute approximate surface area is 168 Å². The molecule has 3 rings (SSSR count). The maximum Gasteiger partial charge on any atom is 0.343 e. The number of carbonyl (C=O) groups is 2. The Morgan fingerprint density at radius 3 is 1.43 bits per heavy atom. The summed E-state index contributed by atoms with van der Waals surface area (Å²) in [5, 5.41) is 22.1. The highest BCUT2D eigenvalue weighted by molar-refractivity contribution is 5.97. The second-order valence-corrected chi connectivity index (χ2v) is 5.81. The van der Waals surface area contributed by atoms with E-state index in [1.54, 1.807) is 0 Å². The number of para-hydroxylation sites is 4. The molecule has 0 amide bonds. The smallest absolute Gasteiger partial charge is 0.343 e. The molecule has 0 aliphatic carbocycles. The van der Waals surface area contributed by atoms with Crippen molar-refractivity contribution < 1.29 is 28.9 Å². The Bertz CT molecular complexity index is 1070. The van der Waals surface area contributed by atoms with Crippen molar-refractivity contribution in [2.75, 3.05) is 0 Å². The van der Waals surface area contributed by atoms with Crippen LogP contribution in [0.25, 0.3) is 0 Å². The third-order valence-electron chi connectivity index (χ3n) is 3.86. The van der Waals surface area contributed by atoms with Crippen LogP contribution in [0.4, 0.5) is 11.4 Å². The van der Waals surface area contributed by atoms with E-state index in [-0.39, 0.29) is 22.6 Å². The maximum atomic E-state index is 12.4. The number of nitrogens with zero attached hydrogens (tertiary/aromatic N) is 2. The average molecular weight is 408 g/mol. The molecule has 30 heavy (non-hydrogen) atoms. The SMILES string of the molecule is O=C(Oc1ccccc1[N+](=O)[O-])c1cccc(C(=O)Oc2ccccc2[N+](=O)[O-])c1. The summed E-state index contributed by atoms with van der Waals surface area (Å²) in [4.78, 5) is 45.5. The fourth-order valence-corrected chi connectivity index (χ4v) is 2.48. The lowest BCUT2D eigenvalue weighted by Crippen LogP contribution is -2.13. The molecule has 150 valence electrons. The van der Waals surface area contributed by atoms with Crippen LogP contribution in [0.3, 0.4) is 0 Å². The van der Waals surface area contributed by atoms with Crippen LogP contribution in [0.1, 0.15) is 20.7 Å². The van der Waals surface area contributed by atoms with Crippen molar-refractivity contribution in [2.45, 2.75) is 0 Å². The largest absolute Gasteiger partial charge is 0.416 e. The van der Waals surface area contributed by atoms with Gasteiger partial charge in [-0.1, -0.05) is 30.3 Å². The van der Waals surface area contributed by atoms with Gasteiger partial charge in [0.2, 0.25) is 11.5 Å². The minimum atomic E-state index is -0.926. The van der Waals surface area contributed by atoms with Crippen LogP contribution in [0.2, 0.25) is 0 Å². The van der Waals surface area contributed by atoms with E-state index in [2.05, 4.69) is 0 Å². The molecule has 0 spiro atoms. The molecule has 0 bridgehead atoms. The molecular weight excluding hydrogens is 396 g/mol. The fraction of sp³-hybridized carbons (Fsp3) is 0. The summed E-state index contributed by atoms with van der Waals surface area (Å²) in [6.07, 6.45) is 0. The van der Waals surface area contributed by atoms with Crippen molar-refractivity contribution in [3.8, 4) is 11.5 Å². The summed E-state index contributed by atoms with van der Waals surface area (Å²) in [5.41, 5.74) is -0.911. The van der Waals surface area contributed by atoms with Gasteiger partial charge in [-0.15, -0.1) is 0 Å². The standard InChI is InChI=1S/C20H12N2O8/c23-19(29-17-10-3-1-8-15(17)21(25)26)13-6-5-7-14(12-13)20(24)30-18-11-4-2-9-16(18)22(27)28/h1-12H. The number of carbonyl (C=O) groups excluding carboxylic acids is 2. The number of hydrogen-bond acceptors (Lipinski definition) is 8. The third kappa shape index (κ3) is 4.44. The highest BCUT2D eigenvalue weighted by Crippen LogP contribution is 2.28. The first-order valence-corrected chi connectivity index (χ1v) is 8.38. The Hall–Kier alpha value is -4.60. The second kappa shape index (κ2) is 8.61. The van der Waals surface area contributed by atoms with Gasteiger partial charge in [-0.25, -0.2) is 9.59 Å². The summed E-state index contributed by atoms with van der Waals surface area (Å²) < 4.78 is 10.1. The summed E-state index contributed by atoms with van der Waals surface area (Å²) >= 11 is 0. The number of nitro groups is 2. The van der Waals surface area contributed by atoms with Gasteiger partial charge < -0.3 is 9.47 Å². The predicted octanol–water partition coefficient (Wildman–Crippen LogP) is 3.94. The van der Waals surface area contributed by atoms with E-state index in [9.17, 15) is 29.8 Å². The lowest BCUT2D eigenvalue weighted by molar-refractivity contribution is -0.385. The van der Waals surface area contributed by atoms with E-state index < -0.39 is 33.2 Å². The van der Waals surface area contributed by atoms with E-state index in [0.717, 1.165) is 6.07 Å². The zero-order valence-corrected chi connectivity index (χ0v) is 15.1. The van der Waals surface area contributed by atoms with Gasteiger partial charge >= 0.3 is 23.3 Å². The maximum absolute atomic E-state index is 12.4. The Balaban J connectivity index is 1.81. The van der Waals surface area contributed by atoms with Gasteiger partial charge in [0.1, 0.15) is 0 Å². The summed E-state index contributed by atoms with van der Waals surface area (Å²) in [6, 6.07) is 15.9. The van der Waals surface area contributed by atoms with Gasteiger partial charge in [-0.3, -0.25) is 20.2 Å². The summed E-state index contributed by atoms with van der Waals surface area (Å²) in [7, 11) is 0. The molecule has 10 heteroatoms. The number of nitro benzene ring substituents is 2. The third-order valence-corrected chi connectivity index (χ3v) is 3.86. The molecule has 0 saturated heterocycles. The van der Waals surface area contributed by atoms with Crippen molar-refractivity contribution >= 4 is 23.3 Å². The van der Waals surface area contributed by atoms with Crippen molar-refractivity contribution in [2.24, 2.45) is 0 Å². The van der Waals surface area contributed by atoms with E-state index in [1.165, 1.54) is 66.7 Å². The second-order valence-electron chi connectivity index (χ2n) is 5.81. The molecule has 0 unspecified atom stereocenters. The Kier molecular flexibility index (Phi) is 5.78. The number of esters is 2. The quantitative estimate of drug-likeness (QED) is 0.259. The first-order chi connectivity index (χ1) is 14.4. The molecular formula is C20H12N2O8. The molecule has 3 aromatic carbocycles. The lowest BCUT2D eigenvalue weighted by atomic mass is 10.1. The Morgan fingerprint density at radius 2 is 1.03 bits per heavy atom. The Morgan fingerprint density at radius 1 is 0.633 bits per heavy atom. The zero-order chi connectivity index (χ0) is 21.7. The van der Waals surface area contributed by atoms with Crippen molar-refractivity contribution in [1.82, 2.24) is 0 Å². The first kappa shape index (κ1) is 20.1. The molecule has 0 aromatic heterocycles. The van der Waals surface area contributed by atoms with Crippen molar-refractivity contribution in [3.63, 3.8) is 0 Å². The van der Waals surface area contributed by atoms with Crippen LogP contribution in [0, 0.1) is 20.2 Å². The van der Waals surface area contributed by atoms with E-state index in [1.807, 2.05) is 0 Å². The minimum Gasteiger partial charge on any atom is -0.416 e. The van der Waals surface area contributed by atoms with E-state index >= 15 is 0 Å². The monoisotopic (exact) mass is 408 g/mol. The van der Waals surface area contributed by atoms with Crippen LogP contribution in [-0.2, 0) is 0 Å². The van der Waals surface area contributed by atoms with Crippen LogP contribution in [0.15, 0.2) is 72.8 Å². The minimum absolute atomic E-state index is 0.0647. The predicted molar refractivity (Wildman–Crippen MR) is 103 cm³/mol. The summed E-state index contributed by atoms with van der Waals surface area (Å²) in [6.45, 7) is 0. The zero-order valence-electron chi connectivity index (χ0n) is 15.1. The number of benzene rings is 3. The van der Waals surface area contributed by atoms with Gasteiger partial charge in [0, 0.05) is 12.1 Å². The molecule has 3 aromatic rings. The first-order valence-electron chi connectivity index (χ1n) is 8.38. The fourth-order valence-electron chi connectivity index (χ4n) is 2.48. The average Bonchev–Trinajstić information content (AvgIpc) is 2.74. The van der Waals surface area contributed by atoms with Gasteiger partial charge in [-0.05, 0) is 30.3 Å². The van der Waals surface area contributed by atoms with Crippen LogP contribution in [0.5, 0.6) is 11.5 Å². The molecule has 0 fully saturated rings. The topological polar surface area (TPSA) is 139 Å². The van der Waals surface area contributed by atoms with Crippen molar-refractivity contribution in [1.29, 1.82) is 0 Å². The van der Waals surface area contributed by atoms with Gasteiger partial charge in [0.25, 0.3) is 0 Å². The molecule has 0 aliphatic heterocycles. The molecule has 0 atom stereocenters. The van der Waals surface area contributed by atoms with Crippen molar-refractivity contribution in [3.05, 3.63) is 104 Å². The van der Waals surface area contributed by atoms with Crippen LogP contribution < -0.4 is 9.47 Å². The van der Waals surface area contributed by atoms with Crippen LogP contribution in [-0.4, -0.2) is 21.8 Å². The molecule has 0 saturated carbocycles. The highest BCUT2D eigenvalue weighted by Gasteiger charge is 2.21. The van der Waals surface area contributed by atoms with Crippen LogP contribution >= 0.6 is 0 Å². The van der Waals surface area contributed by atoms with Gasteiger partial charge in [-0.2, -0.15) is 0 Å². The summed E-state index contributed by atoms with van der Waals surface area (Å²) in [5.74, 6) is -2.35. The van der Waals surface area contributed by atoms with E-state index in [0.29, 0.717) is 0 Å². The number of ether oxygens (including phenoxy) is 2.